The summed E-state index contributed by atoms with van der Waals surface area (Å²) in [6.45, 7) is 5.71. The van der Waals surface area contributed by atoms with E-state index in [4.69, 9.17) is 4.74 Å². The van der Waals surface area contributed by atoms with Gasteiger partial charge in [0.25, 0.3) is 0 Å². The summed E-state index contributed by atoms with van der Waals surface area (Å²) in [5.74, 6) is -0.361. The van der Waals surface area contributed by atoms with Crippen LogP contribution in [0.4, 0.5) is 0 Å². The largest absolute Gasteiger partial charge is 0.466 e. The molecule has 0 aromatic heterocycles. The van der Waals surface area contributed by atoms with E-state index in [1.165, 1.54) is 7.11 Å². The first-order valence-electron chi connectivity index (χ1n) is 6.97. The normalized spacial score (nSPS) is 17.7. The zero-order valence-electron chi connectivity index (χ0n) is 12.2. The number of aliphatic hydroxyl groups is 1. The maximum absolute atomic E-state index is 12.1. The van der Waals surface area contributed by atoms with E-state index in [2.05, 4.69) is 18.7 Å². The van der Waals surface area contributed by atoms with Gasteiger partial charge in [-0.15, -0.1) is 0 Å². The molecule has 2 rings (SSSR count). The van der Waals surface area contributed by atoms with Crippen LogP contribution in [0.1, 0.15) is 37.5 Å². The molecular weight excluding hydrogens is 254 g/mol. The number of hydrogen-bond donors (Lipinski definition) is 1. The fourth-order valence-electron chi connectivity index (χ4n) is 2.77. The van der Waals surface area contributed by atoms with Crippen molar-refractivity contribution in [2.45, 2.75) is 26.4 Å². The maximum atomic E-state index is 12.1. The summed E-state index contributed by atoms with van der Waals surface area (Å²) >= 11 is 0. The third-order valence-electron chi connectivity index (χ3n) is 3.77. The van der Waals surface area contributed by atoms with Crippen molar-refractivity contribution in [1.29, 1.82) is 0 Å². The van der Waals surface area contributed by atoms with Gasteiger partial charge < -0.3 is 14.7 Å². The Labute approximate surface area is 119 Å². The van der Waals surface area contributed by atoms with Crippen LogP contribution in [0.15, 0.2) is 29.8 Å². The van der Waals surface area contributed by atoms with Crippen LogP contribution in [0, 0.1) is 0 Å². The van der Waals surface area contributed by atoms with E-state index in [0.717, 1.165) is 29.9 Å². The molecule has 0 amide bonds. The molecule has 0 bridgehead atoms. The highest BCUT2D eigenvalue weighted by atomic mass is 16.5. The molecule has 0 spiro atoms. The van der Waals surface area contributed by atoms with Crippen LogP contribution in [-0.2, 0) is 9.53 Å². The van der Waals surface area contributed by atoms with Gasteiger partial charge >= 0.3 is 5.97 Å². The Balaban J connectivity index is 2.64. The maximum Gasteiger partial charge on any atom is 0.335 e. The highest BCUT2D eigenvalue weighted by molar-refractivity contribution is 5.98. The zero-order valence-corrected chi connectivity index (χ0v) is 12.2. The fourth-order valence-corrected chi connectivity index (χ4v) is 2.77. The van der Waals surface area contributed by atoms with Gasteiger partial charge in [-0.3, -0.25) is 0 Å². The van der Waals surface area contributed by atoms with Crippen LogP contribution in [-0.4, -0.2) is 36.2 Å². The number of carbonyl (C=O) groups is 1. The average Bonchev–Trinajstić information content (AvgIpc) is 2.49. The lowest BCUT2D eigenvalue weighted by Gasteiger charge is -2.33. The van der Waals surface area contributed by atoms with E-state index in [-0.39, 0.29) is 5.97 Å². The molecule has 0 fully saturated rings. The summed E-state index contributed by atoms with van der Waals surface area (Å²) < 4.78 is 4.89. The second-order valence-corrected chi connectivity index (χ2v) is 4.80. The molecule has 20 heavy (non-hydrogen) atoms. The predicted molar refractivity (Wildman–Crippen MR) is 77.9 cm³/mol. The molecule has 0 aliphatic heterocycles. The highest BCUT2D eigenvalue weighted by Gasteiger charge is 2.31. The number of fused-ring (bicyclic) bond motifs is 1. The lowest BCUT2D eigenvalue weighted by Crippen LogP contribution is -2.28. The molecular formula is C16H21NO3. The van der Waals surface area contributed by atoms with Crippen molar-refractivity contribution in [3.63, 3.8) is 0 Å². The molecule has 1 N–H and O–H groups in total. The Morgan fingerprint density at radius 2 is 2.00 bits per heavy atom. The molecule has 0 saturated carbocycles. The number of hydrogen-bond acceptors (Lipinski definition) is 4. The molecule has 0 unspecified atom stereocenters. The summed E-state index contributed by atoms with van der Waals surface area (Å²) in [6, 6.07) is 7.70. The number of carbonyl (C=O) groups excluding carboxylic acids is 1. The Bertz CT molecular complexity index is 532. The molecule has 1 aromatic carbocycles. The van der Waals surface area contributed by atoms with Crippen molar-refractivity contribution in [2.75, 3.05) is 20.2 Å². The Morgan fingerprint density at radius 3 is 2.60 bits per heavy atom. The van der Waals surface area contributed by atoms with Gasteiger partial charge in [0.2, 0.25) is 0 Å². The van der Waals surface area contributed by atoms with E-state index < -0.39 is 6.10 Å². The topological polar surface area (TPSA) is 49.8 Å². The van der Waals surface area contributed by atoms with E-state index in [1.807, 2.05) is 24.3 Å². The Hall–Kier alpha value is -1.81. The molecule has 1 aromatic rings. The van der Waals surface area contributed by atoms with Crippen LogP contribution in [0.5, 0.6) is 0 Å². The van der Waals surface area contributed by atoms with Gasteiger partial charge in [-0.2, -0.15) is 0 Å². The van der Waals surface area contributed by atoms with Crippen molar-refractivity contribution in [3.8, 4) is 0 Å². The van der Waals surface area contributed by atoms with Crippen molar-refractivity contribution in [1.82, 2.24) is 4.90 Å². The van der Waals surface area contributed by atoms with Crippen LogP contribution >= 0.6 is 0 Å². The smallest absolute Gasteiger partial charge is 0.335 e. The van der Waals surface area contributed by atoms with Gasteiger partial charge in [0.15, 0.2) is 0 Å². The van der Waals surface area contributed by atoms with Crippen LogP contribution in [0.25, 0.3) is 5.70 Å². The third-order valence-corrected chi connectivity index (χ3v) is 3.77. The lowest BCUT2D eigenvalue weighted by atomic mass is 9.86. The van der Waals surface area contributed by atoms with Gasteiger partial charge in [-0.25, -0.2) is 4.79 Å². The zero-order chi connectivity index (χ0) is 14.7. The van der Waals surface area contributed by atoms with E-state index in [9.17, 15) is 9.90 Å². The second-order valence-electron chi connectivity index (χ2n) is 4.80. The van der Waals surface area contributed by atoms with Crippen LogP contribution in [0.3, 0.4) is 0 Å². The van der Waals surface area contributed by atoms with Crippen molar-refractivity contribution < 1.29 is 14.6 Å². The molecule has 4 heteroatoms. The summed E-state index contributed by atoms with van der Waals surface area (Å²) in [6.07, 6.45) is -0.352. The third kappa shape index (κ3) is 2.43. The number of nitrogens with zero attached hydrogens (tertiary/aromatic N) is 1. The molecule has 0 saturated heterocycles. The Kier molecular flexibility index (Phi) is 4.45. The summed E-state index contributed by atoms with van der Waals surface area (Å²) in [4.78, 5) is 14.2. The average molecular weight is 275 g/mol. The predicted octanol–water partition coefficient (Wildman–Crippen LogP) is 2.35. The minimum absolute atomic E-state index is 0.301. The van der Waals surface area contributed by atoms with Crippen molar-refractivity contribution in [3.05, 3.63) is 41.0 Å². The number of rotatable bonds is 4. The van der Waals surface area contributed by atoms with Gasteiger partial charge in [0.1, 0.15) is 0 Å². The van der Waals surface area contributed by atoms with Crippen molar-refractivity contribution in [2.24, 2.45) is 0 Å². The minimum atomic E-state index is -0.653. The number of ether oxygens (including phenoxy) is 1. The lowest BCUT2D eigenvalue weighted by molar-refractivity contribution is -0.136. The number of aliphatic hydroxyl groups excluding tert-OH is 1. The number of esters is 1. The number of methoxy groups -OCH3 is 1. The molecule has 1 atom stereocenters. The molecule has 1 aliphatic rings. The standard InChI is InChI=1S/C16H21NO3/c1-4-17(5-2)15-12-9-7-6-8-11(12)14(18)10-13(15)16(19)20-3/h6-9,14,18H,4-5,10H2,1-3H3/t14-/m1/s1. The van der Waals surface area contributed by atoms with Crippen LogP contribution < -0.4 is 0 Å². The monoisotopic (exact) mass is 275 g/mol. The SMILES string of the molecule is CCN(CC)C1=C(C(=O)OC)C[C@@H](O)c2ccccc21. The quantitative estimate of drug-likeness (QED) is 0.857. The first-order chi connectivity index (χ1) is 9.63. The van der Waals surface area contributed by atoms with Crippen molar-refractivity contribution >= 4 is 11.7 Å². The first kappa shape index (κ1) is 14.6. The molecule has 0 heterocycles. The van der Waals surface area contributed by atoms with Gasteiger partial charge in [0.05, 0.1) is 24.5 Å². The van der Waals surface area contributed by atoms with Gasteiger partial charge in [0, 0.05) is 25.1 Å². The first-order valence-corrected chi connectivity index (χ1v) is 6.97. The van der Waals surface area contributed by atoms with Gasteiger partial charge in [-0.1, -0.05) is 24.3 Å². The van der Waals surface area contributed by atoms with E-state index in [0.29, 0.717) is 12.0 Å². The molecule has 4 nitrogen and oxygen atoms in total. The van der Waals surface area contributed by atoms with Crippen LogP contribution in [0.2, 0.25) is 0 Å². The number of benzene rings is 1. The summed E-state index contributed by atoms with van der Waals surface area (Å²) in [5, 5.41) is 10.3. The Morgan fingerprint density at radius 1 is 1.35 bits per heavy atom. The fraction of sp³-hybridized carbons (Fsp3) is 0.438. The molecule has 0 radical (unpaired) electrons. The molecule has 1 aliphatic carbocycles. The highest BCUT2D eigenvalue weighted by Crippen LogP contribution is 2.39. The molecule has 108 valence electrons. The van der Waals surface area contributed by atoms with Gasteiger partial charge in [-0.05, 0) is 19.4 Å². The summed E-state index contributed by atoms with van der Waals surface area (Å²) in [5.41, 5.74) is 3.25. The van der Waals surface area contributed by atoms with E-state index >= 15 is 0 Å². The minimum Gasteiger partial charge on any atom is -0.466 e. The van der Waals surface area contributed by atoms with E-state index in [1.54, 1.807) is 0 Å². The summed E-state index contributed by atoms with van der Waals surface area (Å²) in [7, 11) is 1.38. The second kappa shape index (κ2) is 6.09.